The molecule has 0 N–H and O–H groups in total. The molecule has 0 aliphatic rings. The van der Waals surface area contributed by atoms with E-state index in [1.807, 2.05) is 12.1 Å². The van der Waals surface area contributed by atoms with Crippen LogP contribution in [0, 0.1) is 6.92 Å². The zero-order valence-corrected chi connectivity index (χ0v) is 13.7. The van der Waals surface area contributed by atoms with E-state index < -0.39 is 0 Å². The Morgan fingerprint density at radius 2 is 1.76 bits per heavy atom. The summed E-state index contributed by atoms with van der Waals surface area (Å²) in [6, 6.07) is 11.7. The molecule has 0 aliphatic heterocycles. The standard InChI is InChI=1S/C16H13Cl3N2/c1-10-2-3-15-14(6-10)20-16(4-5-17)21(15)13-8-11(18)7-12(19)9-13/h2-3,6-9H,4-5H2,1H3. The van der Waals surface area contributed by atoms with Crippen molar-refractivity contribution in [3.05, 3.63) is 57.8 Å². The third-order valence-electron chi connectivity index (χ3n) is 3.30. The lowest BCUT2D eigenvalue weighted by molar-refractivity contribution is 0.912. The number of alkyl halides is 1. The van der Waals surface area contributed by atoms with Crippen LogP contribution >= 0.6 is 34.8 Å². The van der Waals surface area contributed by atoms with E-state index in [0.29, 0.717) is 22.3 Å². The van der Waals surface area contributed by atoms with Gasteiger partial charge in [0.25, 0.3) is 0 Å². The predicted octanol–water partition coefficient (Wildman–Crippen LogP) is 5.42. The molecule has 108 valence electrons. The third-order valence-corrected chi connectivity index (χ3v) is 3.93. The molecule has 5 heteroatoms. The van der Waals surface area contributed by atoms with E-state index in [1.54, 1.807) is 6.07 Å². The maximum atomic E-state index is 6.13. The van der Waals surface area contributed by atoms with Crippen LogP contribution in [0.5, 0.6) is 0 Å². The Morgan fingerprint density at radius 3 is 2.43 bits per heavy atom. The van der Waals surface area contributed by atoms with Crippen molar-refractivity contribution >= 4 is 45.8 Å². The number of halogens is 3. The van der Waals surface area contributed by atoms with E-state index in [4.69, 9.17) is 39.8 Å². The van der Waals surface area contributed by atoms with Gasteiger partial charge in [-0.3, -0.25) is 4.57 Å². The van der Waals surface area contributed by atoms with E-state index in [0.717, 1.165) is 22.5 Å². The molecular formula is C16H13Cl3N2. The fraction of sp³-hybridized carbons (Fsp3) is 0.188. The van der Waals surface area contributed by atoms with Gasteiger partial charge in [0, 0.05) is 22.3 Å². The molecule has 1 aromatic heterocycles. The van der Waals surface area contributed by atoms with E-state index in [-0.39, 0.29) is 0 Å². The predicted molar refractivity (Wildman–Crippen MR) is 90.3 cm³/mol. The van der Waals surface area contributed by atoms with Gasteiger partial charge in [-0.1, -0.05) is 29.3 Å². The second-order valence-corrected chi connectivity index (χ2v) is 6.17. The van der Waals surface area contributed by atoms with Gasteiger partial charge in [0.05, 0.1) is 16.7 Å². The molecule has 21 heavy (non-hydrogen) atoms. The second-order valence-electron chi connectivity index (χ2n) is 4.92. The first-order valence-corrected chi connectivity index (χ1v) is 7.88. The smallest absolute Gasteiger partial charge is 0.115 e. The molecule has 0 aliphatic carbocycles. The Kier molecular flexibility index (Phi) is 4.12. The normalized spacial score (nSPS) is 11.2. The molecule has 3 aromatic rings. The van der Waals surface area contributed by atoms with Crippen molar-refractivity contribution < 1.29 is 0 Å². The summed E-state index contributed by atoms with van der Waals surface area (Å²) < 4.78 is 2.06. The fourth-order valence-electron chi connectivity index (χ4n) is 2.45. The van der Waals surface area contributed by atoms with E-state index >= 15 is 0 Å². The van der Waals surface area contributed by atoms with Crippen molar-refractivity contribution in [3.8, 4) is 5.69 Å². The van der Waals surface area contributed by atoms with Gasteiger partial charge >= 0.3 is 0 Å². The van der Waals surface area contributed by atoms with Crippen molar-refractivity contribution in [2.45, 2.75) is 13.3 Å². The summed E-state index contributed by atoms with van der Waals surface area (Å²) in [5.74, 6) is 1.42. The van der Waals surface area contributed by atoms with Gasteiger partial charge in [0.1, 0.15) is 5.82 Å². The third kappa shape index (κ3) is 2.89. The maximum absolute atomic E-state index is 6.13. The zero-order valence-electron chi connectivity index (χ0n) is 11.4. The van der Waals surface area contributed by atoms with Gasteiger partial charge in [0.2, 0.25) is 0 Å². The minimum absolute atomic E-state index is 0.511. The molecule has 0 bridgehead atoms. The first-order valence-electron chi connectivity index (χ1n) is 6.59. The van der Waals surface area contributed by atoms with Crippen LogP contribution in [0.15, 0.2) is 36.4 Å². The lowest BCUT2D eigenvalue weighted by Crippen LogP contribution is -2.02. The van der Waals surface area contributed by atoms with Crippen LogP contribution in [0.2, 0.25) is 10.0 Å². The number of hydrogen-bond donors (Lipinski definition) is 0. The summed E-state index contributed by atoms with van der Waals surface area (Å²) in [5, 5.41) is 1.20. The summed E-state index contributed by atoms with van der Waals surface area (Å²) in [4.78, 5) is 4.69. The molecule has 2 nitrogen and oxygen atoms in total. The fourth-order valence-corrected chi connectivity index (χ4v) is 3.13. The van der Waals surface area contributed by atoms with Crippen LogP contribution in [0.25, 0.3) is 16.7 Å². The number of benzene rings is 2. The second kappa shape index (κ2) is 5.88. The summed E-state index contributed by atoms with van der Waals surface area (Å²) in [5.41, 5.74) is 4.05. The molecule has 0 saturated heterocycles. The summed E-state index contributed by atoms with van der Waals surface area (Å²) >= 11 is 18.2. The number of aryl methyl sites for hydroxylation is 2. The number of rotatable bonds is 3. The molecule has 0 fully saturated rings. The highest BCUT2D eigenvalue weighted by atomic mass is 35.5. The average Bonchev–Trinajstić information content (AvgIpc) is 2.75. The highest BCUT2D eigenvalue weighted by Gasteiger charge is 2.13. The molecule has 2 aromatic carbocycles. The van der Waals surface area contributed by atoms with Crippen LogP contribution in [0.4, 0.5) is 0 Å². The topological polar surface area (TPSA) is 17.8 Å². The first kappa shape index (κ1) is 14.7. The van der Waals surface area contributed by atoms with Crippen LogP contribution in [0.1, 0.15) is 11.4 Å². The molecular weight excluding hydrogens is 327 g/mol. The number of nitrogens with zero attached hydrogens (tertiary/aromatic N) is 2. The largest absolute Gasteiger partial charge is 0.296 e. The van der Waals surface area contributed by atoms with Crippen LogP contribution in [-0.2, 0) is 6.42 Å². The van der Waals surface area contributed by atoms with Gasteiger partial charge in [-0.05, 0) is 42.8 Å². The van der Waals surface area contributed by atoms with Crippen LogP contribution in [-0.4, -0.2) is 15.4 Å². The Bertz CT molecular complexity index is 788. The zero-order chi connectivity index (χ0) is 15.0. The summed E-state index contributed by atoms with van der Waals surface area (Å²) in [7, 11) is 0. The molecule has 0 saturated carbocycles. The minimum Gasteiger partial charge on any atom is -0.296 e. The monoisotopic (exact) mass is 338 g/mol. The highest BCUT2D eigenvalue weighted by Crippen LogP contribution is 2.27. The molecule has 0 atom stereocenters. The van der Waals surface area contributed by atoms with E-state index in [1.165, 1.54) is 5.56 Å². The summed E-state index contributed by atoms with van der Waals surface area (Å²) in [6.07, 6.45) is 0.680. The molecule has 3 rings (SSSR count). The quantitative estimate of drug-likeness (QED) is 0.582. The SMILES string of the molecule is Cc1ccc2c(c1)nc(CCCl)n2-c1cc(Cl)cc(Cl)c1. The van der Waals surface area contributed by atoms with Gasteiger partial charge in [-0.25, -0.2) is 4.98 Å². The van der Waals surface area contributed by atoms with Gasteiger partial charge in [0.15, 0.2) is 0 Å². The van der Waals surface area contributed by atoms with Crippen molar-refractivity contribution in [1.29, 1.82) is 0 Å². The number of imidazole rings is 1. The van der Waals surface area contributed by atoms with Gasteiger partial charge in [-0.2, -0.15) is 0 Å². The minimum atomic E-state index is 0.511. The first-order chi connectivity index (χ1) is 10.1. The highest BCUT2D eigenvalue weighted by molar-refractivity contribution is 6.34. The number of hydrogen-bond acceptors (Lipinski definition) is 1. The summed E-state index contributed by atoms with van der Waals surface area (Å²) in [6.45, 7) is 2.05. The lowest BCUT2D eigenvalue weighted by atomic mass is 10.2. The molecule has 0 spiro atoms. The Hall–Kier alpha value is -1.22. The molecule has 0 radical (unpaired) electrons. The Morgan fingerprint density at radius 1 is 1.05 bits per heavy atom. The number of fused-ring (bicyclic) bond motifs is 1. The Balaban J connectivity index is 2.30. The van der Waals surface area contributed by atoms with Crippen molar-refractivity contribution in [2.24, 2.45) is 0 Å². The van der Waals surface area contributed by atoms with E-state index in [2.05, 4.69) is 29.7 Å². The van der Waals surface area contributed by atoms with Crippen LogP contribution in [0.3, 0.4) is 0 Å². The average molecular weight is 340 g/mol. The van der Waals surface area contributed by atoms with Crippen molar-refractivity contribution in [2.75, 3.05) is 5.88 Å². The maximum Gasteiger partial charge on any atom is 0.115 e. The Labute approximate surface area is 138 Å². The molecule has 1 heterocycles. The molecule has 0 unspecified atom stereocenters. The number of aromatic nitrogens is 2. The van der Waals surface area contributed by atoms with Gasteiger partial charge < -0.3 is 0 Å². The van der Waals surface area contributed by atoms with Crippen LogP contribution < -0.4 is 0 Å². The molecule has 0 amide bonds. The van der Waals surface area contributed by atoms with Crippen molar-refractivity contribution in [3.63, 3.8) is 0 Å². The lowest BCUT2D eigenvalue weighted by Gasteiger charge is -2.10. The van der Waals surface area contributed by atoms with Gasteiger partial charge in [-0.15, -0.1) is 11.6 Å². The van der Waals surface area contributed by atoms with E-state index in [9.17, 15) is 0 Å². The van der Waals surface area contributed by atoms with Crippen molar-refractivity contribution in [1.82, 2.24) is 9.55 Å².